The molecule has 3 N–H and O–H groups in total. The highest BCUT2D eigenvalue weighted by atomic mass is 16.4. The summed E-state index contributed by atoms with van der Waals surface area (Å²) in [5.41, 5.74) is -1.54. The summed E-state index contributed by atoms with van der Waals surface area (Å²) in [6.07, 6.45) is 3.47. The quantitative estimate of drug-likeness (QED) is 0.594. The van der Waals surface area contributed by atoms with Crippen molar-refractivity contribution in [1.29, 1.82) is 0 Å². The molecule has 1 fully saturated rings. The van der Waals surface area contributed by atoms with Gasteiger partial charge in [-0.1, -0.05) is 0 Å². The lowest BCUT2D eigenvalue weighted by Crippen LogP contribution is -2.58. The third kappa shape index (κ3) is 2.72. The van der Waals surface area contributed by atoms with Crippen molar-refractivity contribution in [3.8, 4) is 0 Å². The Balaban J connectivity index is 2.38. The molecule has 1 saturated carbocycles. The molecular formula is C11H22N2O3. The van der Waals surface area contributed by atoms with Crippen molar-refractivity contribution in [3.05, 3.63) is 0 Å². The molecule has 0 spiro atoms. The first kappa shape index (κ1) is 13.4. The molecule has 0 aliphatic heterocycles. The molecule has 94 valence electrons. The molecule has 0 amide bonds. The first-order valence-electron chi connectivity index (χ1n) is 5.64. The fourth-order valence-electron chi connectivity index (χ4n) is 1.98. The monoisotopic (exact) mass is 230 g/mol. The summed E-state index contributed by atoms with van der Waals surface area (Å²) in [4.78, 5) is 12.9. The number of hydrogen-bond donors (Lipinski definition) is 3. The lowest BCUT2D eigenvalue weighted by Gasteiger charge is -2.47. The normalized spacial score (nSPS) is 22.6. The van der Waals surface area contributed by atoms with Gasteiger partial charge in [0.2, 0.25) is 0 Å². The van der Waals surface area contributed by atoms with Gasteiger partial charge in [0, 0.05) is 18.6 Å². The second kappa shape index (κ2) is 4.69. The molecule has 5 heteroatoms. The van der Waals surface area contributed by atoms with E-state index in [1.54, 1.807) is 0 Å². The molecule has 1 aliphatic carbocycles. The first-order valence-corrected chi connectivity index (χ1v) is 5.64. The summed E-state index contributed by atoms with van der Waals surface area (Å²) in [6, 6.07) is 0. The number of carboxylic acids is 1. The predicted octanol–water partition coefficient (Wildman–Crippen LogP) is -0.104. The lowest BCUT2D eigenvalue weighted by molar-refractivity contribution is -0.156. The molecule has 1 aliphatic rings. The highest BCUT2D eigenvalue weighted by Crippen LogP contribution is 2.35. The Morgan fingerprint density at radius 2 is 2.06 bits per heavy atom. The smallest absolute Gasteiger partial charge is 0.336 e. The molecule has 0 bridgehead atoms. The van der Waals surface area contributed by atoms with Crippen LogP contribution in [0.1, 0.15) is 26.2 Å². The fourth-order valence-corrected chi connectivity index (χ4v) is 1.98. The fraction of sp³-hybridized carbons (Fsp3) is 0.909. The van der Waals surface area contributed by atoms with Gasteiger partial charge in [-0.25, -0.2) is 4.79 Å². The maximum absolute atomic E-state index is 10.7. The Bertz CT molecular complexity index is 260. The van der Waals surface area contributed by atoms with Crippen LogP contribution in [0.2, 0.25) is 0 Å². The molecule has 0 saturated heterocycles. The minimum atomic E-state index is -1.68. The third-order valence-corrected chi connectivity index (χ3v) is 3.62. The minimum absolute atomic E-state index is 0.0813. The van der Waals surface area contributed by atoms with Gasteiger partial charge in [0.25, 0.3) is 0 Å². The molecule has 0 aromatic carbocycles. The summed E-state index contributed by atoms with van der Waals surface area (Å²) in [5, 5.41) is 21.4. The number of nitrogens with one attached hydrogen (secondary N) is 1. The molecule has 1 atom stereocenters. The summed E-state index contributed by atoms with van der Waals surface area (Å²) in [6.45, 7) is 2.12. The maximum Gasteiger partial charge on any atom is 0.336 e. The zero-order valence-corrected chi connectivity index (χ0v) is 10.3. The van der Waals surface area contributed by atoms with Gasteiger partial charge >= 0.3 is 5.97 Å². The van der Waals surface area contributed by atoms with Gasteiger partial charge in [-0.2, -0.15) is 0 Å². The minimum Gasteiger partial charge on any atom is -0.479 e. The van der Waals surface area contributed by atoms with Crippen LogP contribution in [0.5, 0.6) is 0 Å². The van der Waals surface area contributed by atoms with Crippen LogP contribution in [0.25, 0.3) is 0 Å². The van der Waals surface area contributed by atoms with Crippen molar-refractivity contribution in [2.24, 2.45) is 0 Å². The van der Waals surface area contributed by atoms with Crippen molar-refractivity contribution in [1.82, 2.24) is 10.2 Å². The number of carboxylic acid groups (broad SMARTS) is 1. The zero-order chi connectivity index (χ0) is 12.4. The topological polar surface area (TPSA) is 72.8 Å². The molecular weight excluding hydrogens is 208 g/mol. The standard InChI is InChI=1S/C11H22N2O3/c1-10(16,9(14)15)7-12-8-11(13(2)3)5-4-6-11/h12,16H,4-8H2,1-3H3,(H,14,15). The van der Waals surface area contributed by atoms with Crippen LogP contribution >= 0.6 is 0 Å². The SMILES string of the molecule is CN(C)C1(CNCC(C)(O)C(=O)O)CCC1. The van der Waals surface area contributed by atoms with Gasteiger partial charge in [-0.05, 0) is 40.3 Å². The predicted molar refractivity (Wildman–Crippen MR) is 61.4 cm³/mol. The van der Waals surface area contributed by atoms with Gasteiger partial charge in [-0.3, -0.25) is 0 Å². The first-order chi connectivity index (χ1) is 7.30. The van der Waals surface area contributed by atoms with Crippen LogP contribution in [0.4, 0.5) is 0 Å². The Labute approximate surface area is 96.4 Å². The summed E-state index contributed by atoms with van der Waals surface area (Å²) < 4.78 is 0. The van der Waals surface area contributed by atoms with Crippen molar-refractivity contribution in [3.63, 3.8) is 0 Å². The van der Waals surface area contributed by atoms with Crippen molar-refractivity contribution in [2.75, 3.05) is 27.2 Å². The van der Waals surface area contributed by atoms with E-state index >= 15 is 0 Å². The van der Waals surface area contributed by atoms with E-state index in [9.17, 15) is 9.90 Å². The molecule has 1 unspecified atom stereocenters. The number of hydrogen-bond acceptors (Lipinski definition) is 4. The average Bonchev–Trinajstić information content (AvgIpc) is 2.08. The Morgan fingerprint density at radius 3 is 2.38 bits per heavy atom. The summed E-state index contributed by atoms with van der Waals surface area (Å²) >= 11 is 0. The van der Waals surface area contributed by atoms with E-state index in [0.717, 1.165) is 19.4 Å². The summed E-state index contributed by atoms with van der Waals surface area (Å²) in [5.74, 6) is -1.19. The second-order valence-electron chi connectivity index (χ2n) is 5.15. The Morgan fingerprint density at radius 1 is 1.50 bits per heavy atom. The Kier molecular flexibility index (Phi) is 3.93. The lowest BCUT2D eigenvalue weighted by atomic mass is 9.75. The van der Waals surface area contributed by atoms with Crippen molar-refractivity contribution >= 4 is 5.97 Å². The van der Waals surface area contributed by atoms with Gasteiger partial charge in [-0.15, -0.1) is 0 Å². The van der Waals surface area contributed by atoms with Crippen LogP contribution in [0.3, 0.4) is 0 Å². The molecule has 1 rings (SSSR count). The second-order valence-corrected chi connectivity index (χ2v) is 5.15. The number of aliphatic hydroxyl groups is 1. The van der Waals surface area contributed by atoms with Crippen LogP contribution in [-0.2, 0) is 4.79 Å². The molecule has 5 nitrogen and oxygen atoms in total. The van der Waals surface area contributed by atoms with Crippen LogP contribution in [0.15, 0.2) is 0 Å². The Hall–Kier alpha value is -0.650. The van der Waals surface area contributed by atoms with E-state index in [4.69, 9.17) is 5.11 Å². The highest BCUT2D eigenvalue weighted by molar-refractivity contribution is 5.76. The van der Waals surface area contributed by atoms with Gasteiger partial charge in [0.05, 0.1) is 0 Å². The number of aliphatic carboxylic acids is 1. The molecule has 0 heterocycles. The number of carbonyl (C=O) groups is 1. The number of likely N-dealkylation sites (N-methyl/N-ethyl adjacent to an activating group) is 1. The summed E-state index contributed by atoms with van der Waals surface area (Å²) in [7, 11) is 4.08. The van der Waals surface area contributed by atoms with E-state index in [-0.39, 0.29) is 12.1 Å². The van der Waals surface area contributed by atoms with E-state index < -0.39 is 11.6 Å². The largest absolute Gasteiger partial charge is 0.479 e. The van der Waals surface area contributed by atoms with Gasteiger partial charge in [0.15, 0.2) is 5.60 Å². The van der Waals surface area contributed by atoms with Crippen LogP contribution < -0.4 is 5.32 Å². The van der Waals surface area contributed by atoms with E-state index in [1.165, 1.54) is 13.3 Å². The molecule has 16 heavy (non-hydrogen) atoms. The maximum atomic E-state index is 10.7. The zero-order valence-electron chi connectivity index (χ0n) is 10.3. The number of rotatable bonds is 6. The van der Waals surface area contributed by atoms with E-state index in [0.29, 0.717) is 0 Å². The molecule has 0 aromatic heterocycles. The molecule has 0 aromatic rings. The average molecular weight is 230 g/mol. The van der Waals surface area contributed by atoms with Crippen LogP contribution in [-0.4, -0.2) is 59.4 Å². The van der Waals surface area contributed by atoms with E-state index in [2.05, 4.69) is 10.2 Å². The highest BCUT2D eigenvalue weighted by Gasteiger charge is 2.39. The molecule has 0 radical (unpaired) electrons. The van der Waals surface area contributed by atoms with Gasteiger partial charge in [0.1, 0.15) is 0 Å². The third-order valence-electron chi connectivity index (χ3n) is 3.62. The number of nitrogens with zero attached hydrogens (tertiary/aromatic N) is 1. The van der Waals surface area contributed by atoms with E-state index in [1.807, 2.05) is 14.1 Å². The van der Waals surface area contributed by atoms with Crippen LogP contribution in [0, 0.1) is 0 Å². The van der Waals surface area contributed by atoms with Gasteiger partial charge < -0.3 is 20.4 Å². The van der Waals surface area contributed by atoms with Crippen molar-refractivity contribution in [2.45, 2.75) is 37.3 Å². The van der Waals surface area contributed by atoms with Crippen molar-refractivity contribution < 1.29 is 15.0 Å².